The maximum Gasteiger partial charge on any atom is 0.155 e. The smallest absolute Gasteiger partial charge is 0.155 e. The van der Waals surface area contributed by atoms with Crippen molar-refractivity contribution >= 4 is 28.0 Å². The number of aliphatic imine (C=N–C) groups is 2. The Morgan fingerprint density at radius 2 is 1.28 bits per heavy atom. The molecular formula is C49H37N3O. The van der Waals surface area contributed by atoms with Gasteiger partial charge in [0.15, 0.2) is 5.84 Å². The molecule has 10 rings (SSSR count). The van der Waals surface area contributed by atoms with Crippen LogP contribution in [0.1, 0.15) is 35.4 Å². The van der Waals surface area contributed by atoms with Crippen LogP contribution in [0.3, 0.4) is 0 Å². The number of rotatable bonds is 6. The maximum atomic E-state index is 6.72. The molecular weight excluding hydrogens is 647 g/mol. The van der Waals surface area contributed by atoms with Gasteiger partial charge in [-0.25, -0.2) is 9.98 Å². The van der Waals surface area contributed by atoms with E-state index in [-0.39, 0.29) is 18.2 Å². The second-order valence-electron chi connectivity index (χ2n) is 14.0. The van der Waals surface area contributed by atoms with E-state index in [1.54, 1.807) is 0 Å². The average molecular weight is 684 g/mol. The van der Waals surface area contributed by atoms with Gasteiger partial charge in [-0.1, -0.05) is 158 Å². The van der Waals surface area contributed by atoms with Gasteiger partial charge in [0.1, 0.15) is 23.9 Å². The molecule has 0 radical (unpaired) electrons. The molecule has 0 saturated carbocycles. The molecule has 0 amide bonds. The van der Waals surface area contributed by atoms with Crippen molar-refractivity contribution in [3.05, 3.63) is 204 Å². The number of hydrogen-bond donors (Lipinski definition) is 1. The van der Waals surface area contributed by atoms with Crippen LogP contribution in [-0.4, -0.2) is 23.9 Å². The summed E-state index contributed by atoms with van der Waals surface area (Å²) in [6.45, 7) is 0. The SMILES string of the molecule is C1=CC2c3c(cccc3-c3cccc(-c4ccccc4)c3)OC2C=C1C1N=C(C2=CC=C(c3ccccc3)CC2)N=C(c2cccc3ccccc23)N1. The fourth-order valence-corrected chi connectivity index (χ4v) is 8.16. The Labute approximate surface area is 309 Å². The molecule has 53 heavy (non-hydrogen) atoms. The second-order valence-corrected chi connectivity index (χ2v) is 14.0. The van der Waals surface area contributed by atoms with Crippen molar-refractivity contribution in [2.24, 2.45) is 9.98 Å². The van der Waals surface area contributed by atoms with Crippen molar-refractivity contribution in [1.29, 1.82) is 0 Å². The highest BCUT2D eigenvalue weighted by molar-refractivity contribution is 6.17. The lowest BCUT2D eigenvalue weighted by Gasteiger charge is -2.28. The van der Waals surface area contributed by atoms with Gasteiger partial charge in [-0.15, -0.1) is 0 Å². The topological polar surface area (TPSA) is 46.0 Å². The second kappa shape index (κ2) is 13.2. The van der Waals surface area contributed by atoms with Crippen LogP contribution in [0.4, 0.5) is 0 Å². The fourth-order valence-electron chi connectivity index (χ4n) is 8.16. The largest absolute Gasteiger partial charge is 0.485 e. The number of amidine groups is 2. The van der Waals surface area contributed by atoms with Gasteiger partial charge in [-0.2, -0.15) is 0 Å². The molecule has 4 heteroatoms. The molecule has 0 spiro atoms. The molecule has 4 nitrogen and oxygen atoms in total. The highest BCUT2D eigenvalue weighted by Crippen LogP contribution is 2.47. The first-order valence-electron chi connectivity index (χ1n) is 18.5. The standard InChI is InChI=1S/C49H37N3O/c1-3-12-32(13-4-1)34-24-26-36(27-25-34)47-50-48(52-49(51-47)42-22-10-17-35-16-7-8-20-40(35)42)39-28-29-43-45(31-39)53-44-23-11-21-41(46(43)44)38-19-9-18-37(30-38)33-14-5-2-6-15-33/h1-24,26,28-31,43,45,48H,25,27H2,(H,50,51,52). The Hall–Kier alpha value is -6.52. The van der Waals surface area contributed by atoms with Gasteiger partial charge in [-0.3, -0.25) is 0 Å². The molecule has 3 unspecified atom stereocenters. The lowest BCUT2D eigenvalue weighted by atomic mass is 9.84. The molecule has 254 valence electrons. The van der Waals surface area contributed by atoms with E-state index in [0.717, 1.165) is 52.4 Å². The molecule has 3 atom stereocenters. The zero-order valence-electron chi connectivity index (χ0n) is 29.2. The molecule has 0 saturated heterocycles. The number of benzene rings is 6. The van der Waals surface area contributed by atoms with Gasteiger partial charge in [0.05, 0.1) is 0 Å². The molecule has 1 N–H and O–H groups in total. The molecule has 2 aliphatic heterocycles. The summed E-state index contributed by atoms with van der Waals surface area (Å²) in [5.41, 5.74) is 12.0. The average Bonchev–Trinajstić information content (AvgIpc) is 3.62. The van der Waals surface area contributed by atoms with Crippen molar-refractivity contribution in [3.63, 3.8) is 0 Å². The Balaban J connectivity index is 0.998. The van der Waals surface area contributed by atoms with Gasteiger partial charge >= 0.3 is 0 Å². The maximum absolute atomic E-state index is 6.72. The normalized spacial score (nSPS) is 20.2. The molecule has 4 aliphatic rings. The molecule has 0 fully saturated rings. The molecule has 0 aromatic heterocycles. The first-order chi connectivity index (χ1) is 26.2. The number of hydrogen-bond acceptors (Lipinski definition) is 4. The van der Waals surface area contributed by atoms with Gasteiger partial charge in [0.2, 0.25) is 0 Å². The van der Waals surface area contributed by atoms with Gasteiger partial charge in [0.25, 0.3) is 0 Å². The van der Waals surface area contributed by atoms with Crippen LogP contribution >= 0.6 is 0 Å². The highest BCUT2D eigenvalue weighted by Gasteiger charge is 2.37. The third-order valence-electron chi connectivity index (χ3n) is 10.8. The number of nitrogens with zero attached hydrogens (tertiary/aromatic N) is 2. The van der Waals surface area contributed by atoms with Crippen molar-refractivity contribution in [1.82, 2.24) is 5.32 Å². The fraction of sp³-hybridized carbons (Fsp3) is 0.102. The minimum absolute atomic E-state index is 0.103. The van der Waals surface area contributed by atoms with E-state index >= 15 is 0 Å². The van der Waals surface area contributed by atoms with Crippen LogP contribution in [0.2, 0.25) is 0 Å². The summed E-state index contributed by atoms with van der Waals surface area (Å²) >= 11 is 0. The quantitative estimate of drug-likeness (QED) is 0.190. The summed E-state index contributed by atoms with van der Waals surface area (Å²) in [6, 6.07) is 51.4. The molecule has 6 aromatic rings. The van der Waals surface area contributed by atoms with Gasteiger partial charge < -0.3 is 10.1 Å². The molecule has 6 aromatic carbocycles. The lowest BCUT2D eigenvalue weighted by Crippen LogP contribution is -2.41. The Bertz CT molecular complexity index is 2570. The zero-order chi connectivity index (χ0) is 35.1. The minimum atomic E-state index is -0.316. The number of ether oxygens (including phenoxy) is 1. The predicted molar refractivity (Wildman–Crippen MR) is 218 cm³/mol. The van der Waals surface area contributed by atoms with Crippen LogP contribution in [0.5, 0.6) is 5.75 Å². The van der Waals surface area contributed by atoms with Crippen LogP contribution in [0.15, 0.2) is 197 Å². The monoisotopic (exact) mass is 683 g/mol. The van der Waals surface area contributed by atoms with Gasteiger partial charge in [0, 0.05) is 17.0 Å². The third-order valence-corrected chi connectivity index (χ3v) is 10.8. The van der Waals surface area contributed by atoms with E-state index < -0.39 is 0 Å². The van der Waals surface area contributed by atoms with Crippen molar-refractivity contribution < 1.29 is 4.74 Å². The van der Waals surface area contributed by atoms with E-state index in [2.05, 4.69) is 181 Å². The Kier molecular flexibility index (Phi) is 7.79. The molecule has 2 heterocycles. The first-order valence-corrected chi connectivity index (χ1v) is 18.5. The number of nitrogens with one attached hydrogen (secondary N) is 1. The minimum Gasteiger partial charge on any atom is -0.485 e. The Morgan fingerprint density at radius 3 is 2.13 bits per heavy atom. The van der Waals surface area contributed by atoms with Gasteiger partial charge in [-0.05, 0) is 86.4 Å². The van der Waals surface area contributed by atoms with Crippen LogP contribution in [0, 0.1) is 0 Å². The van der Waals surface area contributed by atoms with E-state index in [9.17, 15) is 0 Å². The van der Waals surface area contributed by atoms with Crippen molar-refractivity contribution in [3.8, 4) is 28.0 Å². The molecule has 0 bridgehead atoms. The van der Waals surface area contributed by atoms with E-state index in [1.807, 2.05) is 0 Å². The Morgan fingerprint density at radius 1 is 0.604 bits per heavy atom. The summed E-state index contributed by atoms with van der Waals surface area (Å²) in [7, 11) is 0. The van der Waals surface area contributed by atoms with Crippen molar-refractivity contribution in [2.75, 3.05) is 0 Å². The molecule has 2 aliphatic carbocycles. The van der Waals surface area contributed by atoms with Crippen LogP contribution in [-0.2, 0) is 0 Å². The van der Waals surface area contributed by atoms with E-state index in [1.165, 1.54) is 44.3 Å². The lowest BCUT2D eigenvalue weighted by molar-refractivity contribution is 0.267. The third kappa shape index (κ3) is 5.83. The van der Waals surface area contributed by atoms with Crippen molar-refractivity contribution in [2.45, 2.75) is 31.0 Å². The van der Waals surface area contributed by atoms with Crippen LogP contribution in [0.25, 0.3) is 38.6 Å². The van der Waals surface area contributed by atoms with E-state index in [4.69, 9.17) is 14.7 Å². The zero-order valence-corrected chi connectivity index (χ0v) is 29.2. The predicted octanol–water partition coefficient (Wildman–Crippen LogP) is 11.1. The number of allylic oxidation sites excluding steroid dienone is 3. The summed E-state index contributed by atoms with van der Waals surface area (Å²) in [5.74, 6) is 2.67. The van der Waals surface area contributed by atoms with Crippen LogP contribution < -0.4 is 10.1 Å². The first kappa shape index (κ1) is 31.2. The highest BCUT2D eigenvalue weighted by atomic mass is 16.5. The van der Waals surface area contributed by atoms with E-state index in [0.29, 0.717) is 0 Å². The summed E-state index contributed by atoms with van der Waals surface area (Å²) in [5, 5.41) is 6.09. The summed E-state index contributed by atoms with van der Waals surface area (Å²) < 4.78 is 6.72. The summed E-state index contributed by atoms with van der Waals surface area (Å²) in [6.07, 6.45) is 12.6. The number of fused-ring (bicyclic) bond motifs is 4. The summed E-state index contributed by atoms with van der Waals surface area (Å²) in [4.78, 5) is 10.5.